The fourth-order valence-corrected chi connectivity index (χ4v) is 6.28. The number of anilines is 2. The summed E-state index contributed by atoms with van der Waals surface area (Å²) in [4.78, 5) is 38.0. The highest BCUT2D eigenvalue weighted by atomic mass is 19.4. The topological polar surface area (TPSA) is 127 Å². The molecule has 0 aliphatic heterocycles. The van der Waals surface area contributed by atoms with Crippen LogP contribution in [0.15, 0.2) is 67.6 Å². The molecule has 2 fully saturated rings. The number of nitrogens with two attached hydrogens (primary N) is 1. The van der Waals surface area contributed by atoms with E-state index in [1.165, 1.54) is 6.08 Å². The van der Waals surface area contributed by atoms with Crippen molar-refractivity contribution in [3.8, 4) is 11.3 Å². The number of halogens is 3. The first-order valence-corrected chi connectivity index (χ1v) is 13.1. The Morgan fingerprint density at radius 3 is 2.46 bits per heavy atom. The molecule has 4 N–H and O–H groups in total. The lowest BCUT2D eigenvalue weighted by Gasteiger charge is -2.27. The van der Waals surface area contributed by atoms with E-state index in [9.17, 15) is 22.8 Å². The number of alkyl halides is 3. The Labute approximate surface area is 232 Å². The zero-order chi connectivity index (χ0) is 29.0. The summed E-state index contributed by atoms with van der Waals surface area (Å²) >= 11 is 0. The van der Waals surface area contributed by atoms with Crippen molar-refractivity contribution < 1.29 is 22.8 Å². The Morgan fingerprint density at radius 1 is 1.05 bits per heavy atom. The fraction of sp³-hybridized carbons (Fsp3) is 0.276. The van der Waals surface area contributed by atoms with Crippen molar-refractivity contribution in [2.24, 2.45) is 0 Å². The molecule has 0 radical (unpaired) electrons. The van der Waals surface area contributed by atoms with Gasteiger partial charge in [0.1, 0.15) is 28.7 Å². The molecule has 210 valence electrons. The molecule has 3 aromatic heterocycles. The number of aromatic nitrogens is 4. The van der Waals surface area contributed by atoms with Crippen molar-refractivity contribution in [3.63, 3.8) is 0 Å². The Kier molecular flexibility index (Phi) is 6.09. The molecule has 3 heterocycles. The van der Waals surface area contributed by atoms with Crippen molar-refractivity contribution in [3.05, 3.63) is 84.6 Å². The van der Waals surface area contributed by atoms with Crippen LogP contribution in [0.2, 0.25) is 0 Å². The number of hydrogen-bond acceptors (Lipinski definition) is 6. The molecule has 1 aromatic carbocycles. The number of hydrogen-bond donors (Lipinski definition) is 3. The van der Waals surface area contributed by atoms with E-state index in [1.54, 1.807) is 30.5 Å². The van der Waals surface area contributed by atoms with Gasteiger partial charge in [-0.15, -0.1) is 0 Å². The molecule has 9 nitrogen and oxygen atoms in total. The van der Waals surface area contributed by atoms with Crippen LogP contribution in [0.4, 0.5) is 24.8 Å². The normalized spacial score (nSPS) is 21.6. The largest absolute Gasteiger partial charge is 0.416 e. The molecule has 0 spiro atoms. The Morgan fingerprint density at radius 2 is 1.78 bits per heavy atom. The molecule has 0 atom stereocenters. The molecule has 0 unspecified atom stereocenters. The van der Waals surface area contributed by atoms with Gasteiger partial charge < -0.3 is 16.4 Å². The van der Waals surface area contributed by atoms with E-state index in [0.717, 1.165) is 56.3 Å². The first kappa shape index (κ1) is 26.5. The third-order valence-corrected chi connectivity index (χ3v) is 8.22. The minimum atomic E-state index is -4.55. The minimum Gasteiger partial charge on any atom is -0.382 e. The molecule has 12 heteroatoms. The van der Waals surface area contributed by atoms with E-state index in [1.807, 2.05) is 10.6 Å². The zero-order valence-corrected chi connectivity index (χ0v) is 21.8. The molecule has 2 saturated carbocycles. The number of nitrogen functional groups attached to an aromatic ring is 1. The van der Waals surface area contributed by atoms with Gasteiger partial charge in [-0.1, -0.05) is 18.7 Å². The van der Waals surface area contributed by atoms with Crippen LogP contribution < -0.4 is 16.4 Å². The summed E-state index contributed by atoms with van der Waals surface area (Å²) in [5.74, 6) is 0.162. The second kappa shape index (κ2) is 9.43. The van der Waals surface area contributed by atoms with Gasteiger partial charge in [0.05, 0.1) is 5.56 Å². The monoisotopic (exact) mass is 561 g/mol. The van der Waals surface area contributed by atoms with Gasteiger partial charge >= 0.3 is 6.18 Å². The SMILES string of the molecule is C=CC(=O)NC12CCC(c3nc(-c4ccc(C(=O)Nc5cc(C(F)(F)F)ccn5)cc4)c4c(N)nccn34)(CC1)C2. The van der Waals surface area contributed by atoms with Gasteiger partial charge in [-0.05, 0) is 62.4 Å². The number of rotatable bonds is 6. The lowest BCUT2D eigenvalue weighted by Crippen LogP contribution is -2.44. The summed E-state index contributed by atoms with van der Waals surface area (Å²) in [5.41, 5.74) is 7.05. The minimum absolute atomic E-state index is 0.183. The van der Waals surface area contributed by atoms with Crippen LogP contribution in [-0.2, 0) is 16.4 Å². The van der Waals surface area contributed by atoms with E-state index in [0.29, 0.717) is 22.6 Å². The number of amides is 2. The first-order chi connectivity index (χ1) is 19.5. The Hall–Kier alpha value is -4.74. The van der Waals surface area contributed by atoms with Crippen molar-refractivity contribution in [1.29, 1.82) is 0 Å². The highest BCUT2D eigenvalue weighted by Crippen LogP contribution is 2.57. The summed E-state index contributed by atoms with van der Waals surface area (Å²) in [6, 6.07) is 8.17. The maximum absolute atomic E-state index is 13.0. The molecule has 2 aliphatic carbocycles. The average molecular weight is 562 g/mol. The third-order valence-electron chi connectivity index (χ3n) is 8.22. The van der Waals surface area contributed by atoms with Gasteiger partial charge in [0, 0.05) is 40.7 Å². The molecule has 41 heavy (non-hydrogen) atoms. The molecule has 6 rings (SSSR count). The summed E-state index contributed by atoms with van der Waals surface area (Å²) in [7, 11) is 0. The van der Waals surface area contributed by atoms with Gasteiger partial charge in [0.25, 0.3) is 5.91 Å². The van der Waals surface area contributed by atoms with Gasteiger partial charge in [-0.3, -0.25) is 14.0 Å². The summed E-state index contributed by atoms with van der Waals surface area (Å²) < 4.78 is 41.0. The van der Waals surface area contributed by atoms with E-state index in [4.69, 9.17) is 10.7 Å². The second-order valence-electron chi connectivity index (χ2n) is 10.7. The average Bonchev–Trinajstić information content (AvgIpc) is 3.64. The summed E-state index contributed by atoms with van der Waals surface area (Å²) in [6.45, 7) is 3.58. The number of nitrogens with one attached hydrogen (secondary N) is 2. The predicted octanol–water partition coefficient (Wildman–Crippen LogP) is 4.90. The molecule has 2 bridgehead atoms. The summed E-state index contributed by atoms with van der Waals surface area (Å²) in [5, 5.41) is 5.55. The van der Waals surface area contributed by atoms with E-state index < -0.39 is 17.6 Å². The highest BCUT2D eigenvalue weighted by molar-refractivity contribution is 6.04. The lowest BCUT2D eigenvalue weighted by molar-refractivity contribution is -0.137. The maximum Gasteiger partial charge on any atom is 0.416 e. The molecule has 4 aromatic rings. The quantitative estimate of drug-likeness (QED) is 0.288. The number of carbonyl (C=O) groups excluding carboxylic acids is 2. The number of pyridine rings is 1. The molecular weight excluding hydrogens is 535 g/mol. The highest BCUT2D eigenvalue weighted by Gasteiger charge is 2.57. The van der Waals surface area contributed by atoms with Crippen LogP contribution in [0.25, 0.3) is 16.8 Å². The molecular formula is C29H26F3N7O2. The van der Waals surface area contributed by atoms with Gasteiger partial charge in [0.15, 0.2) is 0 Å². The lowest BCUT2D eigenvalue weighted by atomic mass is 9.83. The number of nitrogens with zero attached hydrogens (tertiary/aromatic N) is 4. The Bertz CT molecular complexity index is 1690. The van der Waals surface area contributed by atoms with Crippen molar-refractivity contribution in [2.75, 3.05) is 11.1 Å². The Balaban J connectivity index is 1.30. The van der Waals surface area contributed by atoms with Crippen LogP contribution in [-0.4, -0.2) is 36.7 Å². The van der Waals surface area contributed by atoms with Gasteiger partial charge in [0.2, 0.25) is 5.91 Å². The van der Waals surface area contributed by atoms with Crippen molar-refractivity contribution >= 4 is 29.0 Å². The predicted molar refractivity (Wildman–Crippen MR) is 146 cm³/mol. The molecule has 2 amide bonds. The van der Waals surface area contributed by atoms with Crippen LogP contribution >= 0.6 is 0 Å². The maximum atomic E-state index is 13.0. The molecule has 2 aliphatic rings. The number of benzene rings is 1. The van der Waals surface area contributed by atoms with Gasteiger partial charge in [-0.2, -0.15) is 13.2 Å². The zero-order valence-electron chi connectivity index (χ0n) is 21.8. The van der Waals surface area contributed by atoms with E-state index >= 15 is 0 Å². The van der Waals surface area contributed by atoms with Gasteiger partial charge in [-0.25, -0.2) is 15.0 Å². The van der Waals surface area contributed by atoms with Crippen molar-refractivity contribution in [1.82, 2.24) is 24.7 Å². The van der Waals surface area contributed by atoms with Crippen LogP contribution in [0, 0.1) is 0 Å². The molecule has 0 saturated heterocycles. The number of imidazole rings is 1. The second-order valence-corrected chi connectivity index (χ2v) is 10.7. The van der Waals surface area contributed by atoms with Crippen LogP contribution in [0.3, 0.4) is 0 Å². The fourth-order valence-electron chi connectivity index (χ4n) is 6.28. The number of fused-ring (bicyclic) bond motifs is 3. The van der Waals surface area contributed by atoms with Crippen LogP contribution in [0.1, 0.15) is 53.8 Å². The first-order valence-electron chi connectivity index (χ1n) is 13.1. The summed E-state index contributed by atoms with van der Waals surface area (Å²) in [6.07, 6.45) is 5.32. The van der Waals surface area contributed by atoms with E-state index in [-0.39, 0.29) is 28.2 Å². The number of carbonyl (C=O) groups is 2. The smallest absolute Gasteiger partial charge is 0.382 e. The van der Waals surface area contributed by atoms with Crippen molar-refractivity contribution in [2.45, 2.75) is 49.2 Å². The van der Waals surface area contributed by atoms with Crippen LogP contribution in [0.5, 0.6) is 0 Å². The standard InChI is InChI=1S/C29H26F3N7O2/c1-2-21(40)38-28-10-8-27(16-28,9-11-28)26-37-22(23-24(33)35-13-14-39(23)26)17-3-5-18(6-4-17)25(41)36-20-15-19(7-12-34-20)29(30,31)32/h2-7,12-15H,1,8-11,16H2,(H2,33,35)(H,38,40)(H,34,36,41). The third kappa shape index (κ3) is 4.58. The van der Waals surface area contributed by atoms with E-state index in [2.05, 4.69) is 27.2 Å².